The SMILES string of the molecule is COc1ccc(C(=O)Nc2ccc(C#Cc3ccccc3)c3cccnc23)cc1. The predicted octanol–water partition coefficient (Wildman–Crippen LogP) is 4.90. The maximum absolute atomic E-state index is 12.6. The Morgan fingerprint density at radius 3 is 2.45 bits per heavy atom. The number of rotatable bonds is 3. The highest BCUT2D eigenvalue weighted by molar-refractivity contribution is 6.09. The minimum atomic E-state index is -0.206. The minimum Gasteiger partial charge on any atom is -0.497 e. The molecule has 4 aromatic rings. The average molecular weight is 378 g/mol. The average Bonchev–Trinajstić information content (AvgIpc) is 2.79. The highest BCUT2D eigenvalue weighted by Gasteiger charge is 2.11. The number of anilines is 1. The molecule has 0 saturated carbocycles. The highest BCUT2D eigenvalue weighted by atomic mass is 16.5. The van der Waals surface area contributed by atoms with E-state index in [1.165, 1.54) is 0 Å². The molecule has 4 rings (SSSR count). The monoisotopic (exact) mass is 378 g/mol. The van der Waals surface area contributed by atoms with Gasteiger partial charge in [-0.05, 0) is 60.7 Å². The van der Waals surface area contributed by atoms with E-state index in [0.29, 0.717) is 22.5 Å². The van der Waals surface area contributed by atoms with Crippen molar-refractivity contribution >= 4 is 22.5 Å². The first-order chi connectivity index (χ1) is 14.2. The van der Waals surface area contributed by atoms with Crippen LogP contribution in [-0.2, 0) is 0 Å². The Labute approximate surface area is 169 Å². The molecule has 0 saturated heterocycles. The molecule has 1 N–H and O–H groups in total. The lowest BCUT2D eigenvalue weighted by Gasteiger charge is -2.10. The number of methoxy groups -OCH3 is 1. The molecule has 0 radical (unpaired) electrons. The molecule has 0 spiro atoms. The molecule has 0 unspecified atom stereocenters. The second-order valence-corrected chi connectivity index (χ2v) is 6.36. The van der Waals surface area contributed by atoms with E-state index in [0.717, 1.165) is 16.5 Å². The first kappa shape index (κ1) is 18.3. The van der Waals surface area contributed by atoms with Crippen molar-refractivity contribution in [2.24, 2.45) is 0 Å². The van der Waals surface area contributed by atoms with Gasteiger partial charge < -0.3 is 10.1 Å². The molecule has 1 heterocycles. The van der Waals surface area contributed by atoms with Crippen molar-refractivity contribution in [1.82, 2.24) is 4.98 Å². The van der Waals surface area contributed by atoms with Crippen molar-refractivity contribution < 1.29 is 9.53 Å². The van der Waals surface area contributed by atoms with E-state index in [1.807, 2.05) is 54.6 Å². The van der Waals surface area contributed by atoms with Crippen molar-refractivity contribution in [3.63, 3.8) is 0 Å². The molecule has 0 atom stereocenters. The Balaban J connectivity index is 1.66. The van der Waals surface area contributed by atoms with E-state index in [1.54, 1.807) is 37.6 Å². The van der Waals surface area contributed by atoms with Crippen LogP contribution in [0.3, 0.4) is 0 Å². The van der Waals surface area contributed by atoms with E-state index < -0.39 is 0 Å². The third-order valence-electron chi connectivity index (χ3n) is 4.49. The number of pyridine rings is 1. The molecule has 0 bridgehead atoms. The summed E-state index contributed by atoms with van der Waals surface area (Å²) in [5.41, 5.74) is 3.70. The largest absolute Gasteiger partial charge is 0.497 e. The minimum absolute atomic E-state index is 0.206. The van der Waals surface area contributed by atoms with E-state index in [9.17, 15) is 4.79 Å². The molecule has 140 valence electrons. The first-order valence-corrected chi connectivity index (χ1v) is 9.15. The van der Waals surface area contributed by atoms with Crippen LogP contribution in [0.4, 0.5) is 5.69 Å². The number of nitrogens with zero attached hydrogens (tertiary/aromatic N) is 1. The van der Waals surface area contributed by atoms with Crippen LogP contribution >= 0.6 is 0 Å². The number of amides is 1. The van der Waals surface area contributed by atoms with Crippen LogP contribution in [0.1, 0.15) is 21.5 Å². The summed E-state index contributed by atoms with van der Waals surface area (Å²) in [5, 5.41) is 3.84. The zero-order valence-electron chi connectivity index (χ0n) is 15.8. The lowest BCUT2D eigenvalue weighted by molar-refractivity contribution is 0.102. The third kappa shape index (κ3) is 4.10. The Morgan fingerprint density at radius 2 is 1.69 bits per heavy atom. The Bertz CT molecular complexity index is 1220. The summed E-state index contributed by atoms with van der Waals surface area (Å²) in [7, 11) is 1.59. The van der Waals surface area contributed by atoms with Crippen molar-refractivity contribution in [1.29, 1.82) is 0 Å². The van der Waals surface area contributed by atoms with Gasteiger partial charge in [0.25, 0.3) is 5.91 Å². The second-order valence-electron chi connectivity index (χ2n) is 6.36. The summed E-state index contributed by atoms with van der Waals surface area (Å²) in [5.74, 6) is 6.88. The lowest BCUT2D eigenvalue weighted by atomic mass is 10.1. The van der Waals surface area contributed by atoms with Crippen molar-refractivity contribution in [2.45, 2.75) is 0 Å². The van der Waals surface area contributed by atoms with Crippen LogP contribution in [0, 0.1) is 11.8 Å². The van der Waals surface area contributed by atoms with Gasteiger partial charge in [-0.2, -0.15) is 0 Å². The molecule has 3 aromatic carbocycles. The van der Waals surface area contributed by atoms with Crippen LogP contribution in [0.25, 0.3) is 10.9 Å². The third-order valence-corrected chi connectivity index (χ3v) is 4.49. The number of carbonyl (C=O) groups is 1. The summed E-state index contributed by atoms with van der Waals surface area (Å²) in [6.07, 6.45) is 1.71. The van der Waals surface area contributed by atoms with Gasteiger partial charge in [0.1, 0.15) is 5.75 Å². The van der Waals surface area contributed by atoms with Gasteiger partial charge in [0.05, 0.1) is 18.3 Å². The van der Waals surface area contributed by atoms with Crippen molar-refractivity contribution in [2.75, 3.05) is 12.4 Å². The molecule has 0 aliphatic rings. The Morgan fingerprint density at radius 1 is 0.897 bits per heavy atom. The quantitative estimate of drug-likeness (QED) is 0.516. The van der Waals surface area contributed by atoms with Gasteiger partial charge in [0.2, 0.25) is 0 Å². The summed E-state index contributed by atoms with van der Waals surface area (Å²) in [6, 6.07) is 24.4. The molecule has 4 nitrogen and oxygen atoms in total. The summed E-state index contributed by atoms with van der Waals surface area (Å²) in [6.45, 7) is 0. The Hall–Kier alpha value is -4.10. The van der Waals surface area contributed by atoms with Crippen LogP contribution in [0.5, 0.6) is 5.75 Å². The van der Waals surface area contributed by atoms with Crippen molar-refractivity contribution in [3.05, 3.63) is 102 Å². The number of benzene rings is 3. The van der Waals surface area contributed by atoms with E-state index >= 15 is 0 Å². The fraction of sp³-hybridized carbons (Fsp3) is 0.0400. The number of hydrogen-bond acceptors (Lipinski definition) is 3. The second kappa shape index (κ2) is 8.28. The fourth-order valence-electron chi connectivity index (χ4n) is 2.98. The smallest absolute Gasteiger partial charge is 0.255 e. The molecule has 4 heteroatoms. The summed E-state index contributed by atoms with van der Waals surface area (Å²) >= 11 is 0. The molecule has 0 aliphatic carbocycles. The van der Waals surface area contributed by atoms with E-state index in [2.05, 4.69) is 22.1 Å². The van der Waals surface area contributed by atoms with E-state index in [-0.39, 0.29) is 5.91 Å². The molecule has 29 heavy (non-hydrogen) atoms. The van der Waals surface area contributed by atoms with Crippen LogP contribution in [-0.4, -0.2) is 18.0 Å². The standard InChI is InChI=1S/C25H18N2O2/c1-29-21-14-11-20(12-15-21)25(28)27-23-16-13-19(22-8-5-17-26-24(22)23)10-9-18-6-3-2-4-7-18/h2-8,11-17H,1H3,(H,27,28). The number of hydrogen-bond donors (Lipinski definition) is 1. The number of carbonyl (C=O) groups excluding carboxylic acids is 1. The summed E-state index contributed by atoms with van der Waals surface area (Å²) in [4.78, 5) is 17.1. The highest BCUT2D eigenvalue weighted by Crippen LogP contribution is 2.25. The number of nitrogens with one attached hydrogen (secondary N) is 1. The van der Waals surface area contributed by atoms with Crippen LogP contribution in [0.15, 0.2) is 85.1 Å². The van der Waals surface area contributed by atoms with Gasteiger partial charge in [-0.1, -0.05) is 30.0 Å². The molecule has 1 aromatic heterocycles. The van der Waals surface area contributed by atoms with Gasteiger partial charge in [0, 0.05) is 28.3 Å². The molecule has 1 amide bonds. The topological polar surface area (TPSA) is 51.2 Å². The summed E-state index contributed by atoms with van der Waals surface area (Å²) < 4.78 is 5.14. The number of fused-ring (bicyclic) bond motifs is 1. The molecular formula is C25H18N2O2. The van der Waals surface area contributed by atoms with Crippen LogP contribution in [0.2, 0.25) is 0 Å². The first-order valence-electron chi connectivity index (χ1n) is 9.15. The fourth-order valence-corrected chi connectivity index (χ4v) is 2.98. The predicted molar refractivity (Wildman–Crippen MR) is 115 cm³/mol. The van der Waals surface area contributed by atoms with Gasteiger partial charge in [-0.15, -0.1) is 0 Å². The number of ether oxygens (including phenoxy) is 1. The van der Waals surface area contributed by atoms with Gasteiger partial charge in [0.15, 0.2) is 0 Å². The maximum Gasteiger partial charge on any atom is 0.255 e. The number of aromatic nitrogens is 1. The van der Waals surface area contributed by atoms with Crippen LogP contribution < -0.4 is 10.1 Å². The zero-order valence-corrected chi connectivity index (χ0v) is 15.8. The molecule has 0 aliphatic heterocycles. The maximum atomic E-state index is 12.6. The zero-order chi connectivity index (χ0) is 20.1. The van der Waals surface area contributed by atoms with E-state index in [4.69, 9.17) is 4.74 Å². The lowest BCUT2D eigenvalue weighted by Crippen LogP contribution is -2.12. The van der Waals surface area contributed by atoms with Gasteiger partial charge in [-0.3, -0.25) is 9.78 Å². The molecular weight excluding hydrogens is 360 g/mol. The van der Waals surface area contributed by atoms with Gasteiger partial charge >= 0.3 is 0 Å². The van der Waals surface area contributed by atoms with Gasteiger partial charge in [-0.25, -0.2) is 0 Å². The normalized spacial score (nSPS) is 10.1. The Kier molecular flexibility index (Phi) is 5.22. The molecule has 0 fully saturated rings. The van der Waals surface area contributed by atoms with Crippen molar-refractivity contribution in [3.8, 4) is 17.6 Å².